The number of hydrogen-bond acceptors (Lipinski definition) is 3. The van der Waals surface area contributed by atoms with Crippen LogP contribution in [0.25, 0.3) is 16.6 Å². The van der Waals surface area contributed by atoms with Crippen LogP contribution in [0, 0.1) is 0 Å². The molecule has 3 heterocycles. The molecule has 0 radical (unpaired) electrons. The van der Waals surface area contributed by atoms with E-state index in [-0.39, 0.29) is 0 Å². The van der Waals surface area contributed by atoms with Crippen molar-refractivity contribution < 1.29 is 0 Å². The standard InChI is InChI=1S/C10H7Cl2N5/c1-16-3-6(2-14-16)7-4-17-9(8(7)11)10(12)13-5-15-17/h2-5H,1H3. The number of nitrogens with zero attached hydrogens (tertiary/aromatic N) is 5. The minimum Gasteiger partial charge on any atom is -0.275 e. The topological polar surface area (TPSA) is 48.0 Å². The van der Waals surface area contributed by atoms with Crippen LogP contribution in [0.15, 0.2) is 24.9 Å². The second kappa shape index (κ2) is 3.72. The normalized spacial score (nSPS) is 11.2. The summed E-state index contributed by atoms with van der Waals surface area (Å²) in [7, 11) is 1.85. The van der Waals surface area contributed by atoms with Gasteiger partial charge in [-0.2, -0.15) is 10.2 Å². The molecule has 0 amide bonds. The van der Waals surface area contributed by atoms with Gasteiger partial charge in [-0.25, -0.2) is 9.50 Å². The first-order valence-electron chi connectivity index (χ1n) is 4.83. The Balaban J connectivity index is 2.32. The lowest BCUT2D eigenvalue weighted by atomic mass is 10.2. The smallest absolute Gasteiger partial charge is 0.158 e. The minimum absolute atomic E-state index is 0.333. The van der Waals surface area contributed by atoms with Crippen molar-refractivity contribution in [2.45, 2.75) is 0 Å². The van der Waals surface area contributed by atoms with E-state index < -0.39 is 0 Å². The van der Waals surface area contributed by atoms with Gasteiger partial charge in [-0.3, -0.25) is 4.68 Å². The van der Waals surface area contributed by atoms with E-state index >= 15 is 0 Å². The summed E-state index contributed by atoms with van der Waals surface area (Å²) in [5.41, 5.74) is 2.36. The molecule has 0 spiro atoms. The zero-order chi connectivity index (χ0) is 12.0. The van der Waals surface area contributed by atoms with Crippen LogP contribution in [-0.4, -0.2) is 24.4 Å². The molecule has 86 valence electrons. The van der Waals surface area contributed by atoms with Crippen molar-refractivity contribution in [1.82, 2.24) is 24.4 Å². The van der Waals surface area contributed by atoms with Gasteiger partial charge in [-0.15, -0.1) is 0 Å². The van der Waals surface area contributed by atoms with Crippen molar-refractivity contribution in [2.24, 2.45) is 7.05 Å². The Labute approximate surface area is 107 Å². The third-order valence-corrected chi connectivity index (χ3v) is 3.14. The summed E-state index contributed by atoms with van der Waals surface area (Å²) in [6.45, 7) is 0. The third kappa shape index (κ3) is 1.59. The van der Waals surface area contributed by atoms with Crippen LogP contribution in [-0.2, 0) is 7.05 Å². The molecular formula is C10H7Cl2N5. The molecule has 7 heteroatoms. The number of rotatable bonds is 1. The summed E-state index contributed by atoms with van der Waals surface area (Å²) in [6, 6.07) is 0. The van der Waals surface area contributed by atoms with Crippen molar-refractivity contribution in [2.75, 3.05) is 0 Å². The van der Waals surface area contributed by atoms with Crippen LogP contribution in [0.3, 0.4) is 0 Å². The highest BCUT2D eigenvalue weighted by atomic mass is 35.5. The van der Waals surface area contributed by atoms with Crippen LogP contribution >= 0.6 is 23.2 Å². The van der Waals surface area contributed by atoms with Crippen molar-refractivity contribution in [3.8, 4) is 11.1 Å². The van der Waals surface area contributed by atoms with Gasteiger partial charge in [0.1, 0.15) is 11.8 Å². The maximum Gasteiger partial charge on any atom is 0.158 e. The second-order valence-corrected chi connectivity index (χ2v) is 4.34. The molecule has 0 aliphatic heterocycles. The van der Waals surface area contributed by atoms with Gasteiger partial charge in [0, 0.05) is 30.6 Å². The van der Waals surface area contributed by atoms with Crippen LogP contribution < -0.4 is 0 Å². The van der Waals surface area contributed by atoms with Gasteiger partial charge >= 0.3 is 0 Å². The largest absolute Gasteiger partial charge is 0.275 e. The predicted molar refractivity (Wildman–Crippen MR) is 65.2 cm³/mol. The lowest BCUT2D eigenvalue weighted by molar-refractivity contribution is 0.768. The Morgan fingerprint density at radius 2 is 2.00 bits per heavy atom. The molecule has 3 aromatic heterocycles. The highest BCUT2D eigenvalue weighted by Gasteiger charge is 2.15. The lowest BCUT2D eigenvalue weighted by Crippen LogP contribution is -1.90. The van der Waals surface area contributed by atoms with Crippen LogP contribution in [0.1, 0.15) is 0 Å². The predicted octanol–water partition coefficient (Wildman–Crippen LogP) is 2.44. The number of hydrogen-bond donors (Lipinski definition) is 0. The van der Waals surface area contributed by atoms with Crippen LogP contribution in [0.5, 0.6) is 0 Å². The fourth-order valence-corrected chi connectivity index (χ4v) is 2.31. The van der Waals surface area contributed by atoms with E-state index in [1.165, 1.54) is 6.33 Å². The molecule has 0 aromatic carbocycles. The monoisotopic (exact) mass is 267 g/mol. The van der Waals surface area contributed by atoms with E-state index in [1.807, 2.05) is 19.4 Å². The van der Waals surface area contributed by atoms with Gasteiger partial charge in [0.15, 0.2) is 5.15 Å². The highest BCUT2D eigenvalue weighted by molar-refractivity contribution is 6.41. The van der Waals surface area contributed by atoms with Crippen molar-refractivity contribution in [1.29, 1.82) is 0 Å². The van der Waals surface area contributed by atoms with E-state index in [0.29, 0.717) is 15.7 Å². The molecule has 0 N–H and O–H groups in total. The Kier molecular flexibility index (Phi) is 2.31. The molecule has 0 fully saturated rings. The fourth-order valence-electron chi connectivity index (χ4n) is 1.70. The molecule has 0 aliphatic rings. The molecule has 0 bridgehead atoms. The Hall–Kier alpha value is -1.59. The Morgan fingerprint density at radius 1 is 1.18 bits per heavy atom. The van der Waals surface area contributed by atoms with Gasteiger partial charge in [-0.05, 0) is 0 Å². The number of fused-ring (bicyclic) bond motifs is 1. The van der Waals surface area contributed by atoms with E-state index in [9.17, 15) is 0 Å². The average Bonchev–Trinajstić information content (AvgIpc) is 2.84. The summed E-state index contributed by atoms with van der Waals surface area (Å²) in [4.78, 5) is 3.91. The minimum atomic E-state index is 0.333. The molecule has 0 aliphatic carbocycles. The fraction of sp³-hybridized carbons (Fsp3) is 0.100. The van der Waals surface area contributed by atoms with Gasteiger partial charge in [0.05, 0.1) is 11.2 Å². The summed E-state index contributed by atoms with van der Waals surface area (Å²) in [6.07, 6.45) is 6.81. The van der Waals surface area contributed by atoms with E-state index in [1.54, 1.807) is 15.4 Å². The average molecular weight is 268 g/mol. The quantitative estimate of drug-likeness (QED) is 0.681. The third-order valence-electron chi connectivity index (χ3n) is 2.48. The van der Waals surface area contributed by atoms with Crippen molar-refractivity contribution >= 4 is 28.7 Å². The second-order valence-electron chi connectivity index (χ2n) is 3.60. The van der Waals surface area contributed by atoms with Crippen LogP contribution in [0.4, 0.5) is 0 Å². The Morgan fingerprint density at radius 3 is 2.65 bits per heavy atom. The molecule has 17 heavy (non-hydrogen) atoms. The molecule has 0 atom stereocenters. The van der Waals surface area contributed by atoms with Gasteiger partial charge in [0.25, 0.3) is 0 Å². The molecular weight excluding hydrogens is 261 g/mol. The number of aromatic nitrogens is 5. The van der Waals surface area contributed by atoms with E-state index in [2.05, 4.69) is 15.2 Å². The zero-order valence-electron chi connectivity index (χ0n) is 8.80. The van der Waals surface area contributed by atoms with E-state index in [4.69, 9.17) is 23.2 Å². The number of halogens is 2. The highest BCUT2D eigenvalue weighted by Crippen LogP contribution is 2.34. The maximum atomic E-state index is 6.28. The maximum absolute atomic E-state index is 6.28. The molecule has 0 unspecified atom stereocenters. The molecule has 5 nitrogen and oxygen atoms in total. The van der Waals surface area contributed by atoms with Gasteiger partial charge < -0.3 is 0 Å². The van der Waals surface area contributed by atoms with Crippen molar-refractivity contribution in [3.63, 3.8) is 0 Å². The summed E-state index contributed by atoms with van der Waals surface area (Å²) in [5.74, 6) is 0. The molecule has 3 aromatic rings. The zero-order valence-corrected chi connectivity index (χ0v) is 10.3. The number of aryl methyl sites for hydroxylation is 1. The lowest BCUT2D eigenvalue weighted by Gasteiger charge is -1.94. The molecule has 0 saturated heterocycles. The van der Waals surface area contributed by atoms with Gasteiger partial charge in [-0.1, -0.05) is 23.2 Å². The SMILES string of the molecule is Cn1cc(-c2cn3ncnc(Cl)c3c2Cl)cn1. The summed E-state index contributed by atoms with van der Waals surface area (Å²) < 4.78 is 3.32. The Bertz CT molecular complexity index is 700. The molecule has 3 rings (SSSR count). The first-order chi connectivity index (χ1) is 8.16. The van der Waals surface area contributed by atoms with E-state index in [0.717, 1.165) is 11.1 Å². The van der Waals surface area contributed by atoms with Crippen LogP contribution in [0.2, 0.25) is 10.2 Å². The van der Waals surface area contributed by atoms with Crippen molar-refractivity contribution in [3.05, 3.63) is 35.1 Å². The first-order valence-corrected chi connectivity index (χ1v) is 5.59. The molecule has 0 saturated carbocycles. The summed E-state index contributed by atoms with van der Waals surface area (Å²) >= 11 is 12.3. The first kappa shape index (κ1) is 10.6. The summed E-state index contributed by atoms with van der Waals surface area (Å²) in [5, 5.41) is 9.04. The van der Waals surface area contributed by atoms with Gasteiger partial charge in [0.2, 0.25) is 0 Å².